The lowest BCUT2D eigenvalue weighted by Crippen LogP contribution is -2.48. The minimum Gasteiger partial charge on any atom is -0.368 e. The van der Waals surface area contributed by atoms with Gasteiger partial charge in [0.15, 0.2) is 0 Å². The van der Waals surface area contributed by atoms with Gasteiger partial charge in [-0.25, -0.2) is 0 Å². The summed E-state index contributed by atoms with van der Waals surface area (Å²) in [6.07, 6.45) is 1.42. The predicted octanol–water partition coefficient (Wildman–Crippen LogP) is 4.62. The molecule has 5 nitrogen and oxygen atoms in total. The number of nitrogens with zero attached hydrogens (tertiary/aromatic N) is 3. The molecule has 5 heteroatoms. The fourth-order valence-electron chi connectivity index (χ4n) is 4.83. The van der Waals surface area contributed by atoms with Crippen molar-refractivity contribution in [2.45, 2.75) is 19.8 Å². The summed E-state index contributed by atoms with van der Waals surface area (Å²) in [4.78, 5) is 31.3. The van der Waals surface area contributed by atoms with Crippen LogP contribution in [-0.2, 0) is 11.2 Å². The highest BCUT2D eigenvalue weighted by Gasteiger charge is 2.24. The van der Waals surface area contributed by atoms with E-state index >= 15 is 0 Å². The van der Waals surface area contributed by atoms with Crippen LogP contribution in [0, 0.1) is 0 Å². The van der Waals surface area contributed by atoms with Crippen LogP contribution in [-0.4, -0.2) is 49.4 Å². The molecule has 2 amide bonds. The predicted molar refractivity (Wildman–Crippen MR) is 133 cm³/mol. The summed E-state index contributed by atoms with van der Waals surface area (Å²) in [5.41, 5.74) is 6.40. The molecule has 0 saturated carbocycles. The average molecular weight is 440 g/mol. The van der Waals surface area contributed by atoms with Crippen LogP contribution in [0.4, 0.5) is 11.4 Å². The van der Waals surface area contributed by atoms with Crippen LogP contribution in [0.3, 0.4) is 0 Å². The molecule has 0 radical (unpaired) electrons. The average Bonchev–Trinajstić information content (AvgIpc) is 3.32. The van der Waals surface area contributed by atoms with Crippen molar-refractivity contribution in [3.8, 4) is 11.1 Å². The van der Waals surface area contributed by atoms with Crippen LogP contribution >= 0.6 is 0 Å². The van der Waals surface area contributed by atoms with Crippen molar-refractivity contribution in [2.24, 2.45) is 0 Å². The Labute approximate surface area is 195 Å². The summed E-state index contributed by atoms with van der Waals surface area (Å²) in [5, 5.41) is 0. The van der Waals surface area contributed by atoms with Crippen molar-refractivity contribution in [3.05, 3.63) is 83.9 Å². The largest absolute Gasteiger partial charge is 0.368 e. The van der Waals surface area contributed by atoms with Gasteiger partial charge in [-0.05, 0) is 59.5 Å². The Morgan fingerprint density at radius 3 is 2.18 bits per heavy atom. The zero-order chi connectivity index (χ0) is 22.8. The number of benzene rings is 3. The van der Waals surface area contributed by atoms with Crippen LogP contribution in [0.5, 0.6) is 0 Å². The molecule has 33 heavy (non-hydrogen) atoms. The van der Waals surface area contributed by atoms with Crippen LogP contribution in [0.1, 0.15) is 29.3 Å². The summed E-state index contributed by atoms with van der Waals surface area (Å²) in [6.45, 7) is 5.82. The normalized spacial score (nSPS) is 15.5. The Morgan fingerprint density at radius 1 is 0.788 bits per heavy atom. The zero-order valence-electron chi connectivity index (χ0n) is 19.0. The SMILES string of the molecule is CCC(=O)N1CCc2cc(-c3ccc(C(=O)N4CCN(c5ccccc5)CC4)cc3)ccc21. The molecule has 2 heterocycles. The second-order valence-corrected chi connectivity index (χ2v) is 8.68. The van der Waals surface area contributed by atoms with Gasteiger partial charge < -0.3 is 14.7 Å². The van der Waals surface area contributed by atoms with Gasteiger partial charge in [-0.15, -0.1) is 0 Å². The van der Waals surface area contributed by atoms with Gasteiger partial charge in [0.05, 0.1) is 0 Å². The molecule has 1 fully saturated rings. The summed E-state index contributed by atoms with van der Waals surface area (Å²) in [5.74, 6) is 0.269. The van der Waals surface area contributed by atoms with Crippen molar-refractivity contribution in [1.82, 2.24) is 4.90 Å². The smallest absolute Gasteiger partial charge is 0.253 e. The Kier molecular flexibility index (Phi) is 5.86. The van der Waals surface area contributed by atoms with Gasteiger partial charge >= 0.3 is 0 Å². The van der Waals surface area contributed by atoms with Gasteiger partial charge in [0.1, 0.15) is 0 Å². The first-order valence-corrected chi connectivity index (χ1v) is 11.8. The van der Waals surface area contributed by atoms with Crippen LogP contribution in [0.2, 0.25) is 0 Å². The van der Waals surface area contributed by atoms with E-state index in [1.54, 1.807) is 0 Å². The highest BCUT2D eigenvalue weighted by Crippen LogP contribution is 2.33. The quantitative estimate of drug-likeness (QED) is 0.596. The van der Waals surface area contributed by atoms with E-state index in [0.717, 1.165) is 61.5 Å². The third kappa shape index (κ3) is 4.23. The van der Waals surface area contributed by atoms with E-state index in [4.69, 9.17) is 0 Å². The third-order valence-electron chi connectivity index (χ3n) is 6.73. The maximum absolute atomic E-state index is 13.0. The number of rotatable bonds is 4. The molecule has 0 bridgehead atoms. The van der Waals surface area contributed by atoms with E-state index in [0.29, 0.717) is 6.42 Å². The van der Waals surface area contributed by atoms with E-state index in [2.05, 4.69) is 47.4 Å². The molecule has 2 aliphatic rings. The molecule has 1 saturated heterocycles. The Bertz CT molecular complexity index is 1150. The second-order valence-electron chi connectivity index (χ2n) is 8.68. The van der Waals surface area contributed by atoms with Crippen molar-refractivity contribution >= 4 is 23.2 Å². The van der Waals surface area contributed by atoms with E-state index in [1.807, 2.05) is 47.1 Å². The number of amides is 2. The van der Waals surface area contributed by atoms with Gasteiger partial charge in [-0.1, -0.05) is 43.3 Å². The third-order valence-corrected chi connectivity index (χ3v) is 6.73. The number of piperazine rings is 1. The number of anilines is 2. The molecule has 0 unspecified atom stereocenters. The minimum atomic E-state index is 0.0944. The van der Waals surface area contributed by atoms with Crippen molar-refractivity contribution in [3.63, 3.8) is 0 Å². The molecular formula is C28H29N3O2. The van der Waals surface area contributed by atoms with Gasteiger partial charge in [0.2, 0.25) is 5.91 Å². The van der Waals surface area contributed by atoms with Crippen molar-refractivity contribution in [1.29, 1.82) is 0 Å². The Balaban J connectivity index is 1.25. The lowest BCUT2D eigenvalue weighted by Gasteiger charge is -2.36. The summed E-state index contributed by atoms with van der Waals surface area (Å²) in [7, 11) is 0. The monoisotopic (exact) mass is 439 g/mol. The van der Waals surface area contributed by atoms with Crippen LogP contribution in [0.25, 0.3) is 11.1 Å². The standard InChI is InChI=1S/C28H29N3O2/c1-2-27(32)31-15-14-24-20-23(12-13-26(24)31)21-8-10-22(11-9-21)28(33)30-18-16-29(17-19-30)25-6-4-3-5-7-25/h3-13,20H,2,14-19H2,1H3. The first-order valence-electron chi connectivity index (χ1n) is 11.8. The molecule has 0 aromatic heterocycles. The minimum absolute atomic E-state index is 0.0944. The van der Waals surface area contributed by atoms with E-state index in [9.17, 15) is 9.59 Å². The topological polar surface area (TPSA) is 43.9 Å². The van der Waals surface area contributed by atoms with Gasteiger partial charge in [-0.2, -0.15) is 0 Å². The first kappa shape index (κ1) is 21.3. The van der Waals surface area contributed by atoms with Crippen molar-refractivity contribution < 1.29 is 9.59 Å². The molecule has 0 N–H and O–H groups in total. The molecular weight excluding hydrogens is 410 g/mol. The summed E-state index contributed by atoms with van der Waals surface area (Å²) < 4.78 is 0. The summed E-state index contributed by atoms with van der Waals surface area (Å²) >= 11 is 0. The molecule has 3 aromatic rings. The van der Waals surface area contributed by atoms with E-state index in [-0.39, 0.29) is 11.8 Å². The van der Waals surface area contributed by atoms with E-state index in [1.165, 1.54) is 11.3 Å². The number of carbonyl (C=O) groups is 2. The number of hydrogen-bond acceptors (Lipinski definition) is 3. The van der Waals surface area contributed by atoms with Crippen molar-refractivity contribution in [2.75, 3.05) is 42.5 Å². The maximum atomic E-state index is 13.0. The fraction of sp³-hybridized carbons (Fsp3) is 0.286. The molecule has 0 spiro atoms. The number of para-hydroxylation sites is 1. The van der Waals surface area contributed by atoms with Gasteiger partial charge in [0, 0.05) is 56.1 Å². The molecule has 168 valence electrons. The maximum Gasteiger partial charge on any atom is 0.253 e. The number of carbonyl (C=O) groups excluding carboxylic acids is 2. The molecule has 0 aliphatic carbocycles. The molecule has 0 atom stereocenters. The number of hydrogen-bond donors (Lipinski definition) is 0. The zero-order valence-corrected chi connectivity index (χ0v) is 19.0. The molecule has 5 rings (SSSR count). The number of fused-ring (bicyclic) bond motifs is 1. The Hall–Kier alpha value is -3.60. The summed E-state index contributed by atoms with van der Waals surface area (Å²) in [6, 6.07) is 24.6. The van der Waals surface area contributed by atoms with Crippen LogP contribution in [0.15, 0.2) is 72.8 Å². The highest BCUT2D eigenvalue weighted by molar-refractivity contribution is 5.96. The molecule has 3 aromatic carbocycles. The van der Waals surface area contributed by atoms with E-state index < -0.39 is 0 Å². The lowest BCUT2D eigenvalue weighted by atomic mass is 10.00. The highest BCUT2D eigenvalue weighted by atomic mass is 16.2. The second kappa shape index (κ2) is 9.10. The Morgan fingerprint density at radius 2 is 1.48 bits per heavy atom. The molecule has 2 aliphatic heterocycles. The lowest BCUT2D eigenvalue weighted by molar-refractivity contribution is -0.118. The first-order chi connectivity index (χ1) is 16.1. The fourth-order valence-corrected chi connectivity index (χ4v) is 4.83. The van der Waals surface area contributed by atoms with Crippen LogP contribution < -0.4 is 9.80 Å². The van der Waals surface area contributed by atoms with Gasteiger partial charge in [-0.3, -0.25) is 9.59 Å². The van der Waals surface area contributed by atoms with Gasteiger partial charge in [0.25, 0.3) is 5.91 Å².